The van der Waals surface area contributed by atoms with Gasteiger partial charge in [-0.3, -0.25) is 4.79 Å². The lowest BCUT2D eigenvalue weighted by Crippen LogP contribution is -2.15. The molecule has 4 nitrogen and oxygen atoms in total. The lowest BCUT2D eigenvalue weighted by molar-refractivity contribution is 0.0698. The van der Waals surface area contributed by atoms with Gasteiger partial charge in [-0.25, -0.2) is 4.79 Å². The highest BCUT2D eigenvalue weighted by Crippen LogP contribution is 2.27. The maximum atomic E-state index is 12.3. The van der Waals surface area contributed by atoms with Crippen LogP contribution in [0.4, 0.5) is 5.69 Å². The molecule has 7 heteroatoms. The second kappa shape index (κ2) is 6.47. The van der Waals surface area contributed by atoms with Gasteiger partial charge in [0.05, 0.1) is 26.9 Å². The number of anilines is 1. The van der Waals surface area contributed by atoms with Crippen molar-refractivity contribution in [3.8, 4) is 0 Å². The average molecular weight is 389 g/mol. The first-order valence-corrected chi connectivity index (χ1v) is 7.23. The second-order valence-electron chi connectivity index (χ2n) is 4.05. The van der Waals surface area contributed by atoms with Crippen LogP contribution in [0, 0.1) is 0 Å². The Morgan fingerprint density at radius 1 is 1.10 bits per heavy atom. The number of benzene rings is 2. The molecule has 0 aliphatic heterocycles. The molecule has 1 amide bonds. The lowest BCUT2D eigenvalue weighted by Gasteiger charge is -2.11. The zero-order chi connectivity index (χ0) is 15.6. The Morgan fingerprint density at radius 2 is 1.71 bits per heavy atom. The first-order chi connectivity index (χ1) is 9.90. The van der Waals surface area contributed by atoms with Gasteiger partial charge in [-0.05, 0) is 30.3 Å². The van der Waals surface area contributed by atoms with Crippen LogP contribution in [-0.4, -0.2) is 17.0 Å². The molecule has 0 unspecified atom stereocenters. The molecule has 0 saturated carbocycles. The molecule has 0 aliphatic rings. The van der Waals surface area contributed by atoms with Crippen molar-refractivity contribution in [2.45, 2.75) is 0 Å². The molecular weight excluding hydrogens is 381 g/mol. The number of nitrogens with one attached hydrogen (secondary N) is 1. The number of hydrogen-bond donors (Lipinski definition) is 2. The molecule has 0 bridgehead atoms. The van der Waals surface area contributed by atoms with Crippen LogP contribution in [-0.2, 0) is 0 Å². The third kappa shape index (κ3) is 3.56. The highest BCUT2D eigenvalue weighted by Gasteiger charge is 2.18. The maximum absolute atomic E-state index is 12.3. The van der Waals surface area contributed by atoms with E-state index in [4.69, 9.17) is 28.3 Å². The third-order valence-corrected chi connectivity index (χ3v) is 3.77. The fraction of sp³-hybridized carbons (Fsp3) is 0. The number of halogens is 3. The van der Waals surface area contributed by atoms with E-state index in [0.29, 0.717) is 4.47 Å². The third-order valence-electron chi connectivity index (χ3n) is 2.65. The van der Waals surface area contributed by atoms with E-state index in [-0.39, 0.29) is 26.9 Å². The van der Waals surface area contributed by atoms with E-state index >= 15 is 0 Å². The molecule has 0 spiro atoms. The number of amides is 1. The molecule has 0 radical (unpaired) electrons. The summed E-state index contributed by atoms with van der Waals surface area (Å²) in [7, 11) is 0. The van der Waals surface area contributed by atoms with Gasteiger partial charge >= 0.3 is 5.97 Å². The van der Waals surface area contributed by atoms with E-state index in [1.165, 1.54) is 24.3 Å². The van der Waals surface area contributed by atoms with E-state index in [9.17, 15) is 9.59 Å². The molecule has 0 aliphatic carbocycles. The summed E-state index contributed by atoms with van der Waals surface area (Å²) in [4.78, 5) is 23.4. The number of carboxylic acid groups (broad SMARTS) is 1. The van der Waals surface area contributed by atoms with Gasteiger partial charge in [0.15, 0.2) is 0 Å². The van der Waals surface area contributed by atoms with Crippen LogP contribution in [0.5, 0.6) is 0 Å². The average Bonchev–Trinajstić information content (AvgIpc) is 2.38. The Labute approximate surface area is 138 Å². The molecule has 0 saturated heterocycles. The highest BCUT2D eigenvalue weighted by atomic mass is 79.9. The zero-order valence-corrected chi connectivity index (χ0v) is 13.5. The van der Waals surface area contributed by atoms with Gasteiger partial charge in [-0.2, -0.15) is 0 Å². The summed E-state index contributed by atoms with van der Waals surface area (Å²) >= 11 is 15.1. The van der Waals surface area contributed by atoms with Crippen molar-refractivity contribution in [2.75, 3.05) is 5.32 Å². The van der Waals surface area contributed by atoms with Gasteiger partial charge in [0.1, 0.15) is 0 Å². The summed E-state index contributed by atoms with van der Waals surface area (Å²) in [6.45, 7) is 0. The minimum atomic E-state index is -1.15. The van der Waals surface area contributed by atoms with E-state index in [1.54, 1.807) is 12.1 Å². The molecule has 0 heterocycles. The zero-order valence-electron chi connectivity index (χ0n) is 10.4. The van der Waals surface area contributed by atoms with Crippen LogP contribution in [0.2, 0.25) is 10.0 Å². The molecule has 2 N–H and O–H groups in total. The molecule has 0 aromatic heterocycles. The fourth-order valence-corrected chi connectivity index (χ4v) is 2.64. The quantitative estimate of drug-likeness (QED) is 0.800. The minimum Gasteiger partial charge on any atom is -0.478 e. The van der Waals surface area contributed by atoms with Crippen molar-refractivity contribution < 1.29 is 14.7 Å². The summed E-state index contributed by atoms with van der Waals surface area (Å²) in [5, 5.41) is 12.0. The second-order valence-corrected chi connectivity index (χ2v) is 5.78. The van der Waals surface area contributed by atoms with Crippen LogP contribution >= 0.6 is 39.1 Å². The van der Waals surface area contributed by atoms with Crippen LogP contribution in [0.1, 0.15) is 20.7 Å². The van der Waals surface area contributed by atoms with Crippen molar-refractivity contribution in [1.29, 1.82) is 0 Å². The molecule has 0 fully saturated rings. The normalized spacial score (nSPS) is 10.2. The Hall–Kier alpha value is -1.56. The van der Waals surface area contributed by atoms with Crippen molar-refractivity contribution in [3.63, 3.8) is 0 Å². The van der Waals surface area contributed by atoms with Crippen molar-refractivity contribution >= 4 is 56.7 Å². The van der Waals surface area contributed by atoms with Gasteiger partial charge < -0.3 is 10.4 Å². The summed E-state index contributed by atoms with van der Waals surface area (Å²) in [5.41, 5.74) is 0.213. The SMILES string of the molecule is O=C(O)c1ccc(Br)cc1NC(=O)c1c(Cl)cccc1Cl. The largest absolute Gasteiger partial charge is 0.478 e. The summed E-state index contributed by atoms with van der Waals surface area (Å²) in [5.74, 6) is -1.73. The molecule has 2 rings (SSSR count). The smallest absolute Gasteiger partial charge is 0.337 e. The Morgan fingerprint density at radius 3 is 2.29 bits per heavy atom. The molecule has 2 aromatic rings. The van der Waals surface area contributed by atoms with Crippen LogP contribution in [0.3, 0.4) is 0 Å². The number of aromatic carboxylic acids is 1. The van der Waals surface area contributed by atoms with Gasteiger partial charge in [-0.15, -0.1) is 0 Å². The van der Waals surface area contributed by atoms with Gasteiger partial charge in [0.25, 0.3) is 5.91 Å². The Balaban J connectivity index is 2.40. The predicted molar refractivity (Wildman–Crippen MR) is 85.5 cm³/mol. The van der Waals surface area contributed by atoms with E-state index < -0.39 is 11.9 Å². The van der Waals surface area contributed by atoms with Gasteiger partial charge in [0, 0.05) is 4.47 Å². The highest BCUT2D eigenvalue weighted by molar-refractivity contribution is 9.10. The molecule has 21 heavy (non-hydrogen) atoms. The van der Waals surface area contributed by atoms with Gasteiger partial charge in [-0.1, -0.05) is 45.2 Å². The Bertz CT molecular complexity index is 714. The first kappa shape index (κ1) is 15.8. The van der Waals surface area contributed by atoms with Crippen molar-refractivity contribution in [2.24, 2.45) is 0 Å². The minimum absolute atomic E-state index is 0.0327. The monoisotopic (exact) mass is 387 g/mol. The molecule has 0 atom stereocenters. The maximum Gasteiger partial charge on any atom is 0.337 e. The molecular formula is C14H8BrCl2NO3. The van der Waals surface area contributed by atoms with Crippen LogP contribution < -0.4 is 5.32 Å². The van der Waals surface area contributed by atoms with Crippen LogP contribution in [0.15, 0.2) is 40.9 Å². The van der Waals surface area contributed by atoms with Gasteiger partial charge in [0.2, 0.25) is 0 Å². The number of carbonyl (C=O) groups excluding carboxylic acids is 1. The first-order valence-electron chi connectivity index (χ1n) is 5.68. The summed E-state index contributed by atoms with van der Waals surface area (Å²) in [6.07, 6.45) is 0. The standard InChI is InChI=1S/C14H8BrCl2NO3/c15-7-4-5-8(14(20)21)11(6-7)18-13(19)12-9(16)2-1-3-10(12)17/h1-6H,(H,18,19)(H,20,21). The molecule has 108 valence electrons. The van der Waals surface area contributed by atoms with Crippen molar-refractivity contribution in [3.05, 3.63) is 62.0 Å². The fourth-order valence-electron chi connectivity index (χ4n) is 1.71. The van der Waals surface area contributed by atoms with E-state index in [0.717, 1.165) is 0 Å². The van der Waals surface area contributed by atoms with E-state index in [1.807, 2.05) is 0 Å². The van der Waals surface area contributed by atoms with E-state index in [2.05, 4.69) is 21.2 Å². The topological polar surface area (TPSA) is 66.4 Å². The van der Waals surface area contributed by atoms with Crippen LogP contribution in [0.25, 0.3) is 0 Å². The number of hydrogen-bond acceptors (Lipinski definition) is 2. The lowest BCUT2D eigenvalue weighted by atomic mass is 10.1. The van der Waals surface area contributed by atoms with Crippen molar-refractivity contribution in [1.82, 2.24) is 0 Å². The summed E-state index contributed by atoms with van der Waals surface area (Å²) in [6, 6.07) is 9.12. The number of carbonyl (C=O) groups is 2. The number of carboxylic acids is 1. The Kier molecular flexibility index (Phi) is 4.88. The molecule has 2 aromatic carbocycles. The predicted octanol–water partition coefficient (Wildman–Crippen LogP) is 4.71. The number of rotatable bonds is 3. The summed E-state index contributed by atoms with van der Waals surface area (Å²) < 4.78 is 0.632.